The Labute approximate surface area is 118 Å². The molecule has 0 unspecified atom stereocenters. The van der Waals surface area contributed by atoms with Crippen LogP contribution >= 0.6 is 0 Å². The maximum atomic E-state index is 11.4. The number of nitrogens with zero attached hydrogens (tertiary/aromatic N) is 3. The molecule has 0 saturated heterocycles. The lowest BCUT2D eigenvalue weighted by Gasteiger charge is -2.11. The van der Waals surface area contributed by atoms with Gasteiger partial charge < -0.3 is 5.32 Å². The minimum absolute atomic E-state index is 0.257. The summed E-state index contributed by atoms with van der Waals surface area (Å²) >= 11 is 0. The fraction of sp³-hybridized carbons (Fsp3) is 0.214. The zero-order valence-corrected chi connectivity index (χ0v) is 11.8. The number of nitrogens with one attached hydrogen (secondary N) is 2. The molecule has 0 aromatic carbocycles. The van der Waals surface area contributed by atoms with Gasteiger partial charge in [-0.1, -0.05) is 31.4 Å². The first kappa shape index (κ1) is 15.4. The van der Waals surface area contributed by atoms with Crippen molar-refractivity contribution in [3.8, 4) is 0 Å². The Hall–Kier alpha value is -2.63. The highest BCUT2D eigenvalue weighted by molar-refractivity contribution is 5.65. The van der Waals surface area contributed by atoms with Gasteiger partial charge in [0.05, 0.1) is 6.54 Å². The van der Waals surface area contributed by atoms with E-state index < -0.39 is 0 Å². The monoisotopic (exact) mass is 273 g/mol. The summed E-state index contributed by atoms with van der Waals surface area (Å²) in [5, 5.41) is 2.83. The molecule has 0 saturated carbocycles. The van der Waals surface area contributed by atoms with E-state index in [-0.39, 0.29) is 5.56 Å². The standard InChI is InChI=1S/C14H19N5O/c1-5-7-12(6-2)8-16-10-17-19-9-11(3)13(20)18-14(19)15-4/h5-7,9-10H,1-2,8H2,3-4H3,(H,16,17)(H,15,18,20)/b12-7+. The molecule has 0 aliphatic heterocycles. The van der Waals surface area contributed by atoms with Gasteiger partial charge in [-0.25, -0.2) is 4.68 Å². The first-order valence-corrected chi connectivity index (χ1v) is 6.09. The molecule has 0 aliphatic rings. The number of aliphatic imine (C=N–C) groups is 1. The summed E-state index contributed by atoms with van der Waals surface area (Å²) < 4.78 is 1.59. The van der Waals surface area contributed by atoms with Gasteiger partial charge in [0, 0.05) is 18.8 Å². The van der Waals surface area contributed by atoms with Crippen LogP contribution in [0.5, 0.6) is 0 Å². The zero-order chi connectivity index (χ0) is 15.0. The van der Waals surface area contributed by atoms with Gasteiger partial charge in [0.2, 0.25) is 5.95 Å². The third kappa shape index (κ3) is 4.24. The average molecular weight is 273 g/mol. The van der Waals surface area contributed by atoms with E-state index in [1.54, 1.807) is 37.0 Å². The Balaban J connectivity index is 2.77. The molecule has 0 spiro atoms. The van der Waals surface area contributed by atoms with Crippen LogP contribution in [0, 0.1) is 6.92 Å². The Morgan fingerprint density at radius 2 is 2.30 bits per heavy atom. The van der Waals surface area contributed by atoms with Crippen LogP contribution in [-0.4, -0.2) is 29.6 Å². The normalized spacial score (nSPS) is 11.4. The molecule has 1 rings (SSSR count). The molecule has 6 nitrogen and oxygen atoms in total. The van der Waals surface area contributed by atoms with Crippen molar-refractivity contribution >= 4 is 12.3 Å². The molecule has 0 atom stereocenters. The van der Waals surface area contributed by atoms with Crippen molar-refractivity contribution in [1.82, 2.24) is 9.66 Å². The van der Waals surface area contributed by atoms with Crippen molar-refractivity contribution in [3.05, 3.63) is 59.1 Å². The molecule has 1 aromatic heterocycles. The molecule has 0 radical (unpaired) electrons. The largest absolute Gasteiger partial charge is 0.357 e. The predicted octanol–water partition coefficient (Wildman–Crippen LogP) is 1.46. The summed E-state index contributed by atoms with van der Waals surface area (Å²) in [7, 11) is 1.69. The second kappa shape index (κ2) is 7.73. The highest BCUT2D eigenvalue weighted by atomic mass is 16.1. The summed E-state index contributed by atoms with van der Waals surface area (Å²) in [6, 6.07) is 0. The van der Waals surface area contributed by atoms with Crippen LogP contribution < -0.4 is 16.3 Å². The summed E-state index contributed by atoms with van der Waals surface area (Å²) in [5.74, 6) is 0.414. The fourth-order valence-electron chi connectivity index (χ4n) is 1.41. The van der Waals surface area contributed by atoms with E-state index in [0.29, 0.717) is 18.1 Å². The lowest BCUT2D eigenvalue weighted by molar-refractivity contribution is 0.895. The van der Waals surface area contributed by atoms with Crippen LogP contribution in [0.4, 0.5) is 5.95 Å². The zero-order valence-electron chi connectivity index (χ0n) is 11.8. The number of rotatable bonds is 7. The van der Waals surface area contributed by atoms with Crippen molar-refractivity contribution in [2.24, 2.45) is 4.99 Å². The van der Waals surface area contributed by atoms with Crippen LogP contribution in [0.25, 0.3) is 0 Å². The molecular formula is C14H19N5O. The molecule has 0 aliphatic carbocycles. The van der Waals surface area contributed by atoms with Gasteiger partial charge in [-0.2, -0.15) is 4.98 Å². The third-order valence-corrected chi connectivity index (χ3v) is 2.48. The summed E-state index contributed by atoms with van der Waals surface area (Å²) in [4.78, 5) is 19.5. The number of aryl methyl sites for hydroxylation is 1. The Morgan fingerprint density at radius 3 is 2.90 bits per heavy atom. The number of hydrogen-bond acceptors (Lipinski definition) is 4. The molecule has 106 valence electrons. The van der Waals surface area contributed by atoms with Crippen molar-refractivity contribution in [2.45, 2.75) is 6.92 Å². The van der Waals surface area contributed by atoms with Gasteiger partial charge in [-0.3, -0.25) is 15.2 Å². The van der Waals surface area contributed by atoms with Crippen LogP contribution in [0.3, 0.4) is 0 Å². The lowest BCUT2D eigenvalue weighted by atomic mass is 10.2. The molecule has 0 amide bonds. The van der Waals surface area contributed by atoms with Crippen LogP contribution in [0.1, 0.15) is 5.56 Å². The molecule has 1 heterocycles. The van der Waals surface area contributed by atoms with Gasteiger partial charge in [0.1, 0.15) is 6.34 Å². The summed E-state index contributed by atoms with van der Waals surface area (Å²) in [6.07, 6.45) is 8.44. The summed E-state index contributed by atoms with van der Waals surface area (Å²) in [5.41, 5.74) is 4.17. The van der Waals surface area contributed by atoms with E-state index >= 15 is 0 Å². The van der Waals surface area contributed by atoms with E-state index in [1.165, 1.54) is 6.34 Å². The van der Waals surface area contributed by atoms with E-state index in [1.807, 2.05) is 6.08 Å². The molecule has 20 heavy (non-hydrogen) atoms. The van der Waals surface area contributed by atoms with Crippen LogP contribution in [0.15, 0.2) is 52.9 Å². The molecule has 6 heteroatoms. The van der Waals surface area contributed by atoms with Crippen molar-refractivity contribution in [1.29, 1.82) is 0 Å². The van der Waals surface area contributed by atoms with E-state index in [2.05, 4.69) is 33.9 Å². The van der Waals surface area contributed by atoms with Crippen LogP contribution in [-0.2, 0) is 0 Å². The molecule has 2 N–H and O–H groups in total. The Morgan fingerprint density at radius 1 is 1.55 bits per heavy atom. The minimum atomic E-state index is -0.257. The van der Waals surface area contributed by atoms with Crippen molar-refractivity contribution in [2.75, 3.05) is 24.3 Å². The number of allylic oxidation sites excluding steroid dienone is 2. The SMILES string of the molecule is C=C/C=C(\C=C)CN=CNn1cc(C)c(=O)nc1NC. The highest BCUT2D eigenvalue weighted by Gasteiger charge is 2.02. The third-order valence-electron chi connectivity index (χ3n) is 2.48. The predicted molar refractivity (Wildman–Crippen MR) is 84.0 cm³/mol. The highest BCUT2D eigenvalue weighted by Crippen LogP contribution is 1.98. The van der Waals surface area contributed by atoms with Gasteiger partial charge in [-0.15, -0.1) is 0 Å². The maximum Gasteiger partial charge on any atom is 0.277 e. The number of anilines is 1. The molecule has 1 aromatic rings. The number of aromatic nitrogens is 2. The Bertz CT molecular complexity index is 598. The van der Waals surface area contributed by atoms with E-state index in [9.17, 15) is 4.79 Å². The second-order valence-electron chi connectivity index (χ2n) is 3.95. The van der Waals surface area contributed by atoms with Gasteiger partial charge in [0.25, 0.3) is 5.56 Å². The quantitative estimate of drug-likeness (QED) is 0.448. The summed E-state index contributed by atoms with van der Waals surface area (Å²) in [6.45, 7) is 9.51. The van der Waals surface area contributed by atoms with Crippen molar-refractivity contribution in [3.63, 3.8) is 0 Å². The van der Waals surface area contributed by atoms with Crippen molar-refractivity contribution < 1.29 is 0 Å². The maximum absolute atomic E-state index is 11.4. The van der Waals surface area contributed by atoms with Gasteiger partial charge in [-0.05, 0) is 12.5 Å². The van der Waals surface area contributed by atoms with E-state index in [0.717, 1.165) is 5.57 Å². The van der Waals surface area contributed by atoms with Gasteiger partial charge >= 0.3 is 0 Å². The first-order chi connectivity index (χ1) is 9.62. The lowest BCUT2D eigenvalue weighted by Crippen LogP contribution is -2.24. The first-order valence-electron chi connectivity index (χ1n) is 6.09. The average Bonchev–Trinajstić information content (AvgIpc) is 2.45. The smallest absolute Gasteiger partial charge is 0.277 e. The molecular weight excluding hydrogens is 254 g/mol. The fourth-order valence-corrected chi connectivity index (χ4v) is 1.41. The number of hydrogen-bond donors (Lipinski definition) is 2. The van der Waals surface area contributed by atoms with E-state index in [4.69, 9.17) is 0 Å². The topological polar surface area (TPSA) is 71.3 Å². The minimum Gasteiger partial charge on any atom is -0.357 e. The second-order valence-corrected chi connectivity index (χ2v) is 3.95. The van der Waals surface area contributed by atoms with Gasteiger partial charge in [0.15, 0.2) is 0 Å². The molecule has 0 bridgehead atoms. The molecule has 0 fully saturated rings. The Kier molecular flexibility index (Phi) is 5.96. The van der Waals surface area contributed by atoms with Crippen LogP contribution in [0.2, 0.25) is 0 Å².